The summed E-state index contributed by atoms with van der Waals surface area (Å²) in [5.41, 5.74) is 0. The van der Waals surface area contributed by atoms with Gasteiger partial charge in [0.2, 0.25) is 0 Å². The molecular formula is C3H6N2O3. The van der Waals surface area contributed by atoms with Crippen molar-refractivity contribution in [3.05, 3.63) is 17.6 Å². The van der Waals surface area contributed by atoms with E-state index in [0.29, 0.717) is 0 Å². The molecule has 0 aliphatic rings. The molecule has 0 fully saturated rings. The first-order valence-electron chi connectivity index (χ1n) is 1.57. The van der Waals surface area contributed by atoms with E-state index in [2.05, 4.69) is 12.4 Å². The molecule has 8 heavy (non-hydrogen) atoms. The zero-order chi connectivity index (χ0) is 6.99. The summed E-state index contributed by atoms with van der Waals surface area (Å²) in [6.07, 6.45) is 0.833. The Morgan fingerprint density at radius 1 is 1.88 bits per heavy atom. The quantitative estimate of drug-likeness (QED) is 0.217. The van der Waals surface area contributed by atoms with Crippen LogP contribution in [0.4, 0.5) is 0 Å². The van der Waals surface area contributed by atoms with E-state index in [4.69, 9.17) is 10.0 Å². The normalized spacial score (nSPS) is 5.50. The molecule has 0 unspecified atom stereocenters. The number of carbonyl (C=O) groups is 1. The van der Waals surface area contributed by atoms with Crippen molar-refractivity contribution < 1.29 is 9.90 Å². The summed E-state index contributed by atoms with van der Waals surface area (Å²) in [5.74, 6) is 2.94. The number of aliphatic carboxylic acids is 1. The lowest BCUT2D eigenvalue weighted by Gasteiger charge is -1.64. The van der Waals surface area contributed by atoms with Gasteiger partial charge in [-0.25, -0.2) is 4.79 Å². The van der Waals surface area contributed by atoms with Crippen molar-refractivity contribution in [3.8, 4) is 0 Å². The van der Waals surface area contributed by atoms with Gasteiger partial charge in [-0.3, -0.25) is 5.84 Å². The Labute approximate surface area is 45.7 Å². The van der Waals surface area contributed by atoms with Crippen molar-refractivity contribution in [1.29, 1.82) is 0 Å². The number of rotatable bonds is 1. The molecule has 0 aromatic heterocycles. The first kappa shape index (κ1) is 9.79. The molecule has 3 N–H and O–H groups in total. The average Bonchev–Trinajstić information content (AvgIpc) is 1.69. The van der Waals surface area contributed by atoms with Crippen LogP contribution in [-0.2, 0) is 4.79 Å². The van der Waals surface area contributed by atoms with Crippen LogP contribution in [0.2, 0.25) is 0 Å². The fraction of sp³-hybridized carbons (Fsp3) is 0. The molecule has 0 saturated carbocycles. The van der Waals surface area contributed by atoms with Crippen molar-refractivity contribution in [2.24, 2.45) is 11.1 Å². The molecule has 5 nitrogen and oxygen atoms in total. The Morgan fingerprint density at radius 2 is 2.00 bits per heavy atom. The fourth-order valence-corrected chi connectivity index (χ4v) is 0. The molecule has 0 radical (unpaired) electrons. The molecule has 0 aromatic carbocycles. The maximum atomic E-state index is 9.25. The van der Waals surface area contributed by atoms with Gasteiger partial charge in [-0.05, 0) is 0 Å². The smallest absolute Gasteiger partial charge is 0.327 e. The summed E-state index contributed by atoms with van der Waals surface area (Å²) < 4.78 is 0. The maximum Gasteiger partial charge on any atom is 0.327 e. The van der Waals surface area contributed by atoms with Crippen LogP contribution in [0.1, 0.15) is 0 Å². The fourth-order valence-electron chi connectivity index (χ4n) is 0. The molecule has 0 heterocycles. The van der Waals surface area contributed by atoms with Crippen molar-refractivity contribution >= 4 is 5.97 Å². The lowest BCUT2D eigenvalue weighted by molar-refractivity contribution is -0.131. The van der Waals surface area contributed by atoms with Gasteiger partial charge >= 0.3 is 5.97 Å². The van der Waals surface area contributed by atoms with Crippen LogP contribution in [-0.4, -0.2) is 11.1 Å². The highest BCUT2D eigenvalue weighted by molar-refractivity contribution is 5.78. The number of carboxylic acid groups (broad SMARTS) is 1. The van der Waals surface area contributed by atoms with E-state index in [0.717, 1.165) is 6.08 Å². The third-order valence-electron chi connectivity index (χ3n) is 0.175. The van der Waals surface area contributed by atoms with Gasteiger partial charge in [-0.15, -0.1) is 4.91 Å². The molecule has 0 aliphatic carbocycles. The predicted octanol–water partition coefficient (Wildman–Crippen LogP) is -0.116. The Balaban J connectivity index is 0. The number of nitrogens with zero attached hydrogens (tertiary/aromatic N) is 1. The van der Waals surface area contributed by atoms with Crippen LogP contribution < -0.4 is 5.84 Å². The molecule has 0 rings (SSSR count). The van der Waals surface area contributed by atoms with Crippen molar-refractivity contribution in [2.75, 3.05) is 0 Å². The number of carboxylic acids is 1. The zero-order valence-electron chi connectivity index (χ0n) is 4.07. The molecule has 46 valence electrons. The molecular weight excluding hydrogens is 112 g/mol. The Kier molecular flexibility index (Phi) is 11.2. The van der Waals surface area contributed by atoms with Crippen molar-refractivity contribution in [2.45, 2.75) is 0 Å². The molecule has 0 atom stereocenters. The van der Waals surface area contributed by atoms with Gasteiger partial charge in [0.15, 0.2) is 0 Å². The highest BCUT2D eigenvalue weighted by Crippen LogP contribution is 1.54. The van der Waals surface area contributed by atoms with E-state index in [1.54, 1.807) is 5.29 Å². The second kappa shape index (κ2) is 9.15. The average molecular weight is 118 g/mol. The second-order valence-corrected chi connectivity index (χ2v) is 0.648. The first-order valence-corrected chi connectivity index (χ1v) is 1.57. The second-order valence-electron chi connectivity index (χ2n) is 0.648. The third kappa shape index (κ3) is 161. The van der Waals surface area contributed by atoms with Crippen molar-refractivity contribution in [1.82, 2.24) is 0 Å². The van der Waals surface area contributed by atoms with E-state index in [1.807, 2.05) is 0 Å². The molecule has 0 aliphatic heterocycles. The molecule has 0 aromatic rings. The summed E-state index contributed by atoms with van der Waals surface area (Å²) in [6, 6.07) is 0. The van der Waals surface area contributed by atoms with Crippen LogP contribution in [0.5, 0.6) is 0 Å². The van der Waals surface area contributed by atoms with E-state index >= 15 is 0 Å². The molecule has 0 saturated heterocycles. The zero-order valence-corrected chi connectivity index (χ0v) is 4.07. The lowest BCUT2D eigenvalue weighted by Crippen LogP contribution is -1.82. The van der Waals surface area contributed by atoms with E-state index in [9.17, 15) is 4.79 Å². The van der Waals surface area contributed by atoms with E-state index < -0.39 is 5.97 Å². The minimum Gasteiger partial charge on any atom is -0.478 e. The van der Waals surface area contributed by atoms with Gasteiger partial charge < -0.3 is 5.11 Å². The minimum atomic E-state index is -0.981. The Bertz CT molecular complexity index is 90.5. The minimum absolute atomic E-state index is 0.833. The SMILES string of the molecule is C=CC(=O)O.NN=O. The number of nitroso groups, excluding NO2 is 1. The van der Waals surface area contributed by atoms with E-state index in [1.165, 1.54) is 0 Å². The number of nitrogens with two attached hydrogens (primary N) is 1. The first-order chi connectivity index (χ1) is 3.68. The Hall–Kier alpha value is -1.39. The van der Waals surface area contributed by atoms with Crippen LogP contribution >= 0.6 is 0 Å². The van der Waals surface area contributed by atoms with E-state index in [-0.39, 0.29) is 0 Å². The summed E-state index contributed by atoms with van der Waals surface area (Å²) in [5, 5.41) is 9.35. The van der Waals surface area contributed by atoms with Gasteiger partial charge in [0.05, 0.1) is 0 Å². The van der Waals surface area contributed by atoms with Gasteiger partial charge in [-0.1, -0.05) is 6.58 Å². The monoisotopic (exact) mass is 118 g/mol. The summed E-state index contributed by atoms with van der Waals surface area (Å²) >= 11 is 0. The van der Waals surface area contributed by atoms with Gasteiger partial charge in [-0.2, -0.15) is 0 Å². The molecule has 5 heteroatoms. The van der Waals surface area contributed by atoms with Crippen LogP contribution in [0.15, 0.2) is 17.9 Å². The highest BCUT2D eigenvalue weighted by Gasteiger charge is 1.73. The van der Waals surface area contributed by atoms with Gasteiger partial charge in [0.25, 0.3) is 0 Å². The summed E-state index contributed by atoms with van der Waals surface area (Å²) in [7, 11) is 0. The topological polar surface area (TPSA) is 92.8 Å². The maximum absolute atomic E-state index is 9.25. The summed E-state index contributed by atoms with van der Waals surface area (Å²) in [4.78, 5) is 17.6. The summed E-state index contributed by atoms with van der Waals surface area (Å²) in [6.45, 7) is 2.96. The molecule has 0 amide bonds. The largest absolute Gasteiger partial charge is 0.478 e. The Morgan fingerprint density at radius 3 is 2.00 bits per heavy atom. The van der Waals surface area contributed by atoms with Crippen molar-refractivity contribution in [3.63, 3.8) is 0 Å². The lowest BCUT2D eigenvalue weighted by atomic mass is 10.7. The number of hydrogen-bond acceptors (Lipinski definition) is 3. The standard InChI is InChI=1S/C3H4O2.H2N2O/c1-2-3(4)5;1-2-3/h2H,1H2,(H,4,5);(H2,1,3). The van der Waals surface area contributed by atoms with Gasteiger partial charge in [0, 0.05) is 11.4 Å². The third-order valence-corrected chi connectivity index (χ3v) is 0.175. The highest BCUT2D eigenvalue weighted by atomic mass is 16.4. The van der Waals surface area contributed by atoms with Crippen LogP contribution in [0.3, 0.4) is 0 Å². The van der Waals surface area contributed by atoms with Crippen LogP contribution in [0, 0.1) is 4.91 Å². The van der Waals surface area contributed by atoms with Crippen LogP contribution in [0.25, 0.3) is 0 Å². The van der Waals surface area contributed by atoms with Gasteiger partial charge in [0.1, 0.15) is 0 Å². The number of hydrogen-bond donors (Lipinski definition) is 2. The molecule has 0 spiro atoms. The predicted molar refractivity (Wildman–Crippen MR) is 27.8 cm³/mol. The molecule has 0 bridgehead atoms.